The van der Waals surface area contributed by atoms with Gasteiger partial charge in [-0.15, -0.1) is 0 Å². The van der Waals surface area contributed by atoms with Crippen molar-refractivity contribution in [2.24, 2.45) is 0 Å². The summed E-state index contributed by atoms with van der Waals surface area (Å²) >= 11 is 0. The fourth-order valence-corrected chi connectivity index (χ4v) is 1.04. The molecule has 0 amide bonds. The largest absolute Gasteiger partial charge is 0.384 e. The Morgan fingerprint density at radius 2 is 2.31 bits per heavy atom. The minimum absolute atomic E-state index is 0.881. The lowest BCUT2D eigenvalue weighted by Crippen LogP contribution is -2.06. The number of nitrogens with zero attached hydrogens (tertiary/aromatic N) is 2. The van der Waals surface area contributed by atoms with Crippen LogP contribution in [-0.2, 0) is 0 Å². The van der Waals surface area contributed by atoms with Gasteiger partial charge < -0.3 is 10.6 Å². The highest BCUT2D eigenvalue weighted by Crippen LogP contribution is 2.14. The second kappa shape index (κ2) is 5.35. The molecule has 4 nitrogen and oxygen atoms in total. The van der Waals surface area contributed by atoms with Gasteiger partial charge >= 0.3 is 0 Å². The smallest absolute Gasteiger partial charge is 0.152 e. The van der Waals surface area contributed by atoms with E-state index in [-0.39, 0.29) is 0 Å². The average Bonchev–Trinajstić information content (AvgIpc) is 2.19. The Kier molecular flexibility index (Phi) is 4.02. The third kappa shape index (κ3) is 2.89. The van der Waals surface area contributed by atoms with Gasteiger partial charge in [-0.3, -0.25) is 0 Å². The van der Waals surface area contributed by atoms with Gasteiger partial charge in [0.05, 0.1) is 11.9 Å². The van der Waals surface area contributed by atoms with E-state index in [1.807, 2.05) is 7.05 Å². The van der Waals surface area contributed by atoms with Gasteiger partial charge in [-0.2, -0.15) is 0 Å². The lowest BCUT2D eigenvalue weighted by atomic mass is 10.3. The zero-order valence-corrected chi connectivity index (χ0v) is 8.17. The lowest BCUT2D eigenvalue weighted by Gasteiger charge is -2.08. The zero-order chi connectivity index (χ0) is 9.52. The fraction of sp³-hybridized carbons (Fsp3) is 0.556. The van der Waals surface area contributed by atoms with Crippen molar-refractivity contribution < 1.29 is 0 Å². The van der Waals surface area contributed by atoms with Crippen molar-refractivity contribution in [1.29, 1.82) is 0 Å². The third-order valence-electron chi connectivity index (χ3n) is 1.80. The molecule has 0 aliphatic rings. The molecule has 0 spiro atoms. The molecule has 0 atom stereocenters. The van der Waals surface area contributed by atoms with Crippen LogP contribution < -0.4 is 10.6 Å². The first-order valence-corrected chi connectivity index (χ1v) is 4.60. The molecule has 13 heavy (non-hydrogen) atoms. The Balaban J connectivity index is 2.54. The third-order valence-corrected chi connectivity index (χ3v) is 1.80. The molecule has 1 aromatic heterocycles. The minimum atomic E-state index is 0.881. The summed E-state index contributed by atoms with van der Waals surface area (Å²) in [5, 5.41) is 6.29. The summed E-state index contributed by atoms with van der Waals surface area (Å²) in [6.07, 6.45) is 5.66. The van der Waals surface area contributed by atoms with Gasteiger partial charge in [0.1, 0.15) is 6.33 Å². The molecule has 2 N–H and O–H groups in total. The van der Waals surface area contributed by atoms with Gasteiger partial charge in [-0.1, -0.05) is 13.3 Å². The van der Waals surface area contributed by atoms with Gasteiger partial charge in [0.25, 0.3) is 0 Å². The second-order valence-corrected chi connectivity index (χ2v) is 2.82. The maximum Gasteiger partial charge on any atom is 0.152 e. The summed E-state index contributed by atoms with van der Waals surface area (Å²) in [4.78, 5) is 8.07. The number of rotatable bonds is 5. The summed E-state index contributed by atoms with van der Waals surface area (Å²) in [7, 11) is 1.86. The van der Waals surface area contributed by atoms with Crippen molar-refractivity contribution in [3.63, 3.8) is 0 Å². The zero-order valence-electron chi connectivity index (χ0n) is 8.17. The topological polar surface area (TPSA) is 49.8 Å². The number of aromatic nitrogens is 2. The highest BCUT2D eigenvalue weighted by atomic mass is 15.1. The van der Waals surface area contributed by atoms with E-state index >= 15 is 0 Å². The molecule has 0 unspecified atom stereocenters. The Morgan fingerprint density at radius 1 is 1.46 bits per heavy atom. The van der Waals surface area contributed by atoms with E-state index in [9.17, 15) is 0 Å². The van der Waals surface area contributed by atoms with E-state index in [0.29, 0.717) is 0 Å². The van der Waals surface area contributed by atoms with E-state index in [0.717, 1.165) is 24.5 Å². The molecule has 0 aromatic carbocycles. The summed E-state index contributed by atoms with van der Waals surface area (Å²) in [6, 6.07) is 0. The van der Waals surface area contributed by atoms with E-state index in [2.05, 4.69) is 27.5 Å². The molecule has 0 bridgehead atoms. The first kappa shape index (κ1) is 9.77. The van der Waals surface area contributed by atoms with Crippen LogP contribution >= 0.6 is 0 Å². The van der Waals surface area contributed by atoms with Crippen LogP contribution in [0, 0.1) is 0 Å². The molecule has 4 heteroatoms. The standard InChI is InChI=1S/C9H16N4/c1-3-4-5-12-9-8(10-2)6-11-7-13-9/h6-7,10H,3-5H2,1-2H3,(H,11,12,13). The van der Waals surface area contributed by atoms with Crippen LogP contribution in [0.1, 0.15) is 19.8 Å². The Bertz CT molecular complexity index is 249. The fourth-order valence-electron chi connectivity index (χ4n) is 1.04. The van der Waals surface area contributed by atoms with E-state index in [1.54, 1.807) is 12.5 Å². The van der Waals surface area contributed by atoms with Crippen LogP contribution in [0.5, 0.6) is 0 Å². The maximum absolute atomic E-state index is 4.14. The average molecular weight is 180 g/mol. The molecule has 0 fully saturated rings. The Morgan fingerprint density at radius 3 is 3.00 bits per heavy atom. The number of nitrogens with one attached hydrogen (secondary N) is 2. The first-order chi connectivity index (χ1) is 6.38. The van der Waals surface area contributed by atoms with Crippen LogP contribution in [0.4, 0.5) is 11.5 Å². The highest BCUT2D eigenvalue weighted by molar-refractivity contribution is 5.62. The van der Waals surface area contributed by atoms with Gasteiger partial charge in [-0.25, -0.2) is 9.97 Å². The first-order valence-electron chi connectivity index (χ1n) is 4.60. The van der Waals surface area contributed by atoms with Crippen molar-refractivity contribution in [3.8, 4) is 0 Å². The molecule has 0 aliphatic heterocycles. The van der Waals surface area contributed by atoms with Crippen LogP contribution in [0.25, 0.3) is 0 Å². The van der Waals surface area contributed by atoms with Crippen molar-refractivity contribution >= 4 is 11.5 Å². The second-order valence-electron chi connectivity index (χ2n) is 2.82. The SMILES string of the molecule is CCCCNc1ncncc1NC. The summed E-state index contributed by atoms with van der Waals surface area (Å²) in [6.45, 7) is 3.13. The van der Waals surface area contributed by atoms with Crippen molar-refractivity contribution in [1.82, 2.24) is 9.97 Å². The van der Waals surface area contributed by atoms with Gasteiger partial charge in [0.2, 0.25) is 0 Å². The molecular weight excluding hydrogens is 164 g/mol. The number of anilines is 2. The van der Waals surface area contributed by atoms with Crippen LogP contribution in [0.2, 0.25) is 0 Å². The highest BCUT2D eigenvalue weighted by Gasteiger charge is 1.99. The quantitative estimate of drug-likeness (QED) is 0.677. The van der Waals surface area contributed by atoms with Gasteiger partial charge in [0, 0.05) is 13.6 Å². The Hall–Kier alpha value is -1.32. The maximum atomic E-state index is 4.14. The van der Waals surface area contributed by atoms with Crippen LogP contribution in [0.15, 0.2) is 12.5 Å². The van der Waals surface area contributed by atoms with Crippen LogP contribution in [-0.4, -0.2) is 23.6 Å². The molecule has 0 saturated heterocycles. The molecule has 0 radical (unpaired) electrons. The van der Waals surface area contributed by atoms with Crippen molar-refractivity contribution in [2.45, 2.75) is 19.8 Å². The van der Waals surface area contributed by atoms with E-state index < -0.39 is 0 Å². The summed E-state index contributed by atoms with van der Waals surface area (Å²) in [5.74, 6) is 0.881. The molecule has 1 heterocycles. The molecule has 1 aromatic rings. The van der Waals surface area contributed by atoms with Crippen LogP contribution in [0.3, 0.4) is 0 Å². The lowest BCUT2D eigenvalue weighted by molar-refractivity contribution is 0.830. The monoisotopic (exact) mass is 180 g/mol. The van der Waals surface area contributed by atoms with E-state index in [1.165, 1.54) is 6.42 Å². The molecule has 0 saturated carbocycles. The normalized spacial score (nSPS) is 9.69. The summed E-state index contributed by atoms with van der Waals surface area (Å²) in [5.41, 5.74) is 0.943. The predicted molar refractivity (Wildman–Crippen MR) is 55.0 cm³/mol. The number of hydrogen-bond donors (Lipinski definition) is 2. The van der Waals surface area contributed by atoms with Gasteiger partial charge in [-0.05, 0) is 6.42 Å². The van der Waals surface area contributed by atoms with Crippen molar-refractivity contribution in [2.75, 3.05) is 24.2 Å². The predicted octanol–water partition coefficient (Wildman–Crippen LogP) is 1.73. The van der Waals surface area contributed by atoms with Gasteiger partial charge in [0.15, 0.2) is 5.82 Å². The Labute approximate surface area is 78.8 Å². The molecule has 72 valence electrons. The number of hydrogen-bond acceptors (Lipinski definition) is 4. The van der Waals surface area contributed by atoms with Crippen molar-refractivity contribution in [3.05, 3.63) is 12.5 Å². The molecule has 1 rings (SSSR count). The molecule has 0 aliphatic carbocycles. The molecular formula is C9H16N4. The number of unbranched alkanes of at least 4 members (excludes halogenated alkanes) is 1. The summed E-state index contributed by atoms with van der Waals surface area (Å²) < 4.78 is 0. The van der Waals surface area contributed by atoms with E-state index in [4.69, 9.17) is 0 Å². The minimum Gasteiger partial charge on any atom is -0.384 e.